The van der Waals surface area contributed by atoms with E-state index >= 15 is 0 Å². The summed E-state index contributed by atoms with van der Waals surface area (Å²) in [5, 5.41) is 3.50. The fourth-order valence-corrected chi connectivity index (χ4v) is 3.14. The van der Waals surface area contributed by atoms with Gasteiger partial charge in [-0.3, -0.25) is 4.90 Å². The fourth-order valence-electron chi connectivity index (χ4n) is 3.14. The highest BCUT2D eigenvalue weighted by atomic mass is 16.5. The van der Waals surface area contributed by atoms with E-state index in [1.807, 2.05) is 0 Å². The van der Waals surface area contributed by atoms with Crippen molar-refractivity contribution >= 4 is 0 Å². The molecular weight excluding hydrogens is 224 g/mol. The van der Waals surface area contributed by atoms with Gasteiger partial charge in [0.15, 0.2) is 0 Å². The van der Waals surface area contributed by atoms with Crippen LogP contribution in [0.25, 0.3) is 0 Å². The van der Waals surface area contributed by atoms with Crippen molar-refractivity contribution in [2.45, 2.75) is 25.9 Å². The third kappa shape index (κ3) is 2.52. The summed E-state index contributed by atoms with van der Waals surface area (Å²) >= 11 is 0. The molecule has 0 spiro atoms. The Balaban J connectivity index is 1.61. The number of benzene rings is 1. The van der Waals surface area contributed by atoms with Gasteiger partial charge < -0.3 is 10.1 Å². The summed E-state index contributed by atoms with van der Waals surface area (Å²) < 4.78 is 5.30. The minimum atomic E-state index is 0.829. The van der Waals surface area contributed by atoms with Crippen LogP contribution in [0.1, 0.15) is 24.0 Å². The second-order valence-corrected chi connectivity index (χ2v) is 5.52. The molecule has 1 aromatic rings. The molecule has 0 bridgehead atoms. The number of methoxy groups -OCH3 is 1. The molecule has 98 valence electrons. The largest absolute Gasteiger partial charge is 0.497 e. The summed E-state index contributed by atoms with van der Waals surface area (Å²) in [5.41, 5.74) is 2.91. The molecule has 2 aliphatic rings. The predicted octanol–water partition coefficient (Wildman–Crippen LogP) is 2.01. The van der Waals surface area contributed by atoms with E-state index in [4.69, 9.17) is 4.74 Å². The first-order valence-electron chi connectivity index (χ1n) is 6.94. The number of nitrogens with zero attached hydrogens (tertiary/aromatic N) is 1. The van der Waals surface area contributed by atoms with E-state index in [0.29, 0.717) is 0 Å². The van der Waals surface area contributed by atoms with Gasteiger partial charge in [-0.2, -0.15) is 0 Å². The van der Waals surface area contributed by atoms with E-state index in [9.17, 15) is 0 Å². The molecule has 0 saturated carbocycles. The molecule has 0 amide bonds. The predicted molar refractivity (Wildman–Crippen MR) is 72.7 cm³/mol. The van der Waals surface area contributed by atoms with Gasteiger partial charge in [-0.15, -0.1) is 0 Å². The van der Waals surface area contributed by atoms with Crippen LogP contribution in [0.3, 0.4) is 0 Å². The van der Waals surface area contributed by atoms with Crippen LogP contribution in [0, 0.1) is 5.92 Å². The standard InChI is InChI=1S/C15H22N2O/c1-18-15-5-4-13-10-17(11-14(13)7-15)9-12-3-2-6-16-8-12/h4-5,7,12,16H,2-3,6,8-11H2,1H3. The first-order chi connectivity index (χ1) is 8.85. The first-order valence-corrected chi connectivity index (χ1v) is 6.94. The molecule has 1 N–H and O–H groups in total. The lowest BCUT2D eigenvalue weighted by molar-refractivity contribution is 0.211. The molecule has 18 heavy (non-hydrogen) atoms. The summed E-state index contributed by atoms with van der Waals surface area (Å²) in [7, 11) is 1.74. The number of ether oxygens (including phenoxy) is 1. The normalized spacial score (nSPS) is 23.9. The second-order valence-electron chi connectivity index (χ2n) is 5.52. The van der Waals surface area contributed by atoms with Crippen molar-refractivity contribution in [2.24, 2.45) is 5.92 Å². The molecular formula is C15H22N2O. The zero-order chi connectivity index (χ0) is 12.4. The number of piperidine rings is 1. The minimum Gasteiger partial charge on any atom is -0.497 e. The molecule has 1 unspecified atom stereocenters. The van der Waals surface area contributed by atoms with Crippen LogP contribution in [-0.4, -0.2) is 31.6 Å². The van der Waals surface area contributed by atoms with Gasteiger partial charge in [-0.05, 0) is 55.1 Å². The van der Waals surface area contributed by atoms with E-state index in [1.165, 1.54) is 43.6 Å². The zero-order valence-electron chi connectivity index (χ0n) is 11.1. The molecule has 3 rings (SSSR count). The van der Waals surface area contributed by atoms with Crippen LogP contribution in [-0.2, 0) is 13.1 Å². The third-order valence-electron chi connectivity index (χ3n) is 4.12. The third-order valence-corrected chi connectivity index (χ3v) is 4.12. The molecule has 3 nitrogen and oxygen atoms in total. The molecule has 1 atom stereocenters. The Morgan fingerprint density at radius 1 is 1.33 bits per heavy atom. The van der Waals surface area contributed by atoms with E-state index in [2.05, 4.69) is 28.4 Å². The van der Waals surface area contributed by atoms with Crippen molar-refractivity contribution in [3.8, 4) is 5.75 Å². The molecule has 1 aromatic carbocycles. The minimum absolute atomic E-state index is 0.829. The summed E-state index contributed by atoms with van der Waals surface area (Å²) in [6.07, 6.45) is 2.71. The molecule has 2 aliphatic heterocycles. The summed E-state index contributed by atoms with van der Waals surface area (Å²) in [6, 6.07) is 6.48. The lowest BCUT2D eigenvalue weighted by atomic mass is 9.99. The maximum absolute atomic E-state index is 5.30. The van der Waals surface area contributed by atoms with Gasteiger partial charge in [0, 0.05) is 19.6 Å². The number of fused-ring (bicyclic) bond motifs is 1. The average molecular weight is 246 g/mol. The second kappa shape index (κ2) is 5.29. The zero-order valence-corrected chi connectivity index (χ0v) is 11.1. The van der Waals surface area contributed by atoms with E-state index < -0.39 is 0 Å². The number of nitrogens with one attached hydrogen (secondary N) is 1. The van der Waals surface area contributed by atoms with Crippen LogP contribution in [0.5, 0.6) is 5.75 Å². The summed E-state index contributed by atoms with van der Waals surface area (Å²) in [4.78, 5) is 2.57. The van der Waals surface area contributed by atoms with Crippen LogP contribution >= 0.6 is 0 Å². The Morgan fingerprint density at radius 2 is 2.22 bits per heavy atom. The molecule has 0 aliphatic carbocycles. The maximum atomic E-state index is 5.30. The number of hydrogen-bond donors (Lipinski definition) is 1. The molecule has 3 heteroatoms. The Morgan fingerprint density at radius 3 is 3.00 bits per heavy atom. The average Bonchev–Trinajstić information content (AvgIpc) is 2.80. The lowest BCUT2D eigenvalue weighted by Crippen LogP contribution is -2.36. The van der Waals surface area contributed by atoms with E-state index in [1.54, 1.807) is 7.11 Å². The molecule has 1 fully saturated rings. The van der Waals surface area contributed by atoms with Gasteiger partial charge >= 0.3 is 0 Å². The van der Waals surface area contributed by atoms with Gasteiger partial charge in [0.05, 0.1) is 7.11 Å². The number of rotatable bonds is 3. The monoisotopic (exact) mass is 246 g/mol. The van der Waals surface area contributed by atoms with Crippen LogP contribution in [0.15, 0.2) is 18.2 Å². The fraction of sp³-hybridized carbons (Fsp3) is 0.600. The van der Waals surface area contributed by atoms with Crippen molar-refractivity contribution in [3.05, 3.63) is 29.3 Å². The molecule has 1 saturated heterocycles. The highest BCUT2D eigenvalue weighted by Crippen LogP contribution is 2.27. The lowest BCUT2D eigenvalue weighted by Gasteiger charge is -2.27. The highest BCUT2D eigenvalue weighted by Gasteiger charge is 2.23. The maximum Gasteiger partial charge on any atom is 0.119 e. The number of hydrogen-bond acceptors (Lipinski definition) is 3. The van der Waals surface area contributed by atoms with Crippen molar-refractivity contribution in [3.63, 3.8) is 0 Å². The Hall–Kier alpha value is -1.06. The van der Waals surface area contributed by atoms with Crippen molar-refractivity contribution in [1.82, 2.24) is 10.2 Å². The van der Waals surface area contributed by atoms with E-state index in [0.717, 1.165) is 24.8 Å². The van der Waals surface area contributed by atoms with Gasteiger partial charge in [0.2, 0.25) is 0 Å². The topological polar surface area (TPSA) is 24.5 Å². The Bertz CT molecular complexity index is 413. The Kier molecular flexibility index (Phi) is 3.52. The van der Waals surface area contributed by atoms with Gasteiger partial charge in [-0.1, -0.05) is 6.07 Å². The summed E-state index contributed by atoms with van der Waals surface area (Å²) in [5.74, 6) is 1.81. The quantitative estimate of drug-likeness (QED) is 0.883. The molecule has 2 heterocycles. The SMILES string of the molecule is COc1ccc2c(c1)CN(CC1CCCNC1)C2. The smallest absolute Gasteiger partial charge is 0.119 e. The molecule has 0 aromatic heterocycles. The van der Waals surface area contributed by atoms with Gasteiger partial charge in [0.25, 0.3) is 0 Å². The summed E-state index contributed by atoms with van der Waals surface area (Å²) in [6.45, 7) is 5.81. The van der Waals surface area contributed by atoms with Crippen molar-refractivity contribution in [1.29, 1.82) is 0 Å². The van der Waals surface area contributed by atoms with Crippen LogP contribution < -0.4 is 10.1 Å². The van der Waals surface area contributed by atoms with Gasteiger partial charge in [-0.25, -0.2) is 0 Å². The van der Waals surface area contributed by atoms with Crippen molar-refractivity contribution < 1.29 is 4.74 Å². The first kappa shape index (κ1) is 12.0. The Labute approximate surface area is 109 Å². The van der Waals surface area contributed by atoms with Crippen molar-refractivity contribution in [2.75, 3.05) is 26.7 Å². The van der Waals surface area contributed by atoms with Crippen LogP contribution in [0.2, 0.25) is 0 Å². The molecule has 0 radical (unpaired) electrons. The van der Waals surface area contributed by atoms with Crippen LogP contribution in [0.4, 0.5) is 0 Å². The van der Waals surface area contributed by atoms with E-state index in [-0.39, 0.29) is 0 Å². The highest BCUT2D eigenvalue weighted by molar-refractivity contribution is 5.37. The van der Waals surface area contributed by atoms with Gasteiger partial charge in [0.1, 0.15) is 5.75 Å².